The Kier molecular flexibility index (Phi) is 7.73. The van der Waals surface area contributed by atoms with Crippen LogP contribution in [0.15, 0.2) is 164 Å². The molecule has 188 valence electrons. The standard InChI is InChI=1S/C36H27FP2/c37-33-25-15-27-35(39(30-20-9-3-10-21-30)31-22-11-4-12-23-31)36(33)32-24-13-14-26-34(32)38(28-16-5-1-6-17-28)29-18-7-2-8-19-29/h1-27H. The van der Waals surface area contributed by atoms with Gasteiger partial charge in [-0.2, -0.15) is 0 Å². The van der Waals surface area contributed by atoms with Crippen molar-refractivity contribution in [2.24, 2.45) is 0 Å². The van der Waals surface area contributed by atoms with Gasteiger partial charge in [-0.25, -0.2) is 4.39 Å². The normalized spacial score (nSPS) is 11.2. The van der Waals surface area contributed by atoms with E-state index in [1.165, 1.54) is 21.2 Å². The van der Waals surface area contributed by atoms with Gasteiger partial charge in [0.15, 0.2) is 0 Å². The van der Waals surface area contributed by atoms with Gasteiger partial charge >= 0.3 is 0 Å². The summed E-state index contributed by atoms with van der Waals surface area (Å²) in [5.41, 5.74) is 1.66. The third-order valence-electron chi connectivity index (χ3n) is 6.70. The molecule has 3 heteroatoms. The van der Waals surface area contributed by atoms with E-state index >= 15 is 4.39 Å². The van der Waals surface area contributed by atoms with E-state index in [2.05, 4.69) is 133 Å². The Balaban J connectivity index is 1.61. The molecule has 0 aromatic heterocycles. The Labute approximate surface area is 232 Å². The predicted molar refractivity (Wildman–Crippen MR) is 169 cm³/mol. The topological polar surface area (TPSA) is 0 Å². The molecule has 6 rings (SSSR count). The van der Waals surface area contributed by atoms with Crippen LogP contribution in [0.1, 0.15) is 0 Å². The first-order valence-electron chi connectivity index (χ1n) is 13.0. The smallest absolute Gasteiger partial charge is 0.131 e. The fourth-order valence-corrected chi connectivity index (χ4v) is 9.95. The van der Waals surface area contributed by atoms with E-state index < -0.39 is 15.8 Å². The second-order valence-corrected chi connectivity index (χ2v) is 13.5. The first-order valence-corrected chi connectivity index (χ1v) is 15.7. The highest BCUT2D eigenvalue weighted by Gasteiger charge is 2.26. The number of benzene rings is 6. The van der Waals surface area contributed by atoms with Gasteiger partial charge in [-0.15, -0.1) is 0 Å². The van der Waals surface area contributed by atoms with Gasteiger partial charge in [0.25, 0.3) is 0 Å². The molecule has 0 N–H and O–H groups in total. The minimum atomic E-state index is -0.980. The summed E-state index contributed by atoms with van der Waals surface area (Å²) in [7, 11) is -1.88. The van der Waals surface area contributed by atoms with E-state index in [-0.39, 0.29) is 5.82 Å². The molecule has 0 aliphatic rings. The fourth-order valence-electron chi connectivity index (χ4n) is 5.01. The molecule has 0 aliphatic carbocycles. The lowest BCUT2D eigenvalue weighted by molar-refractivity contribution is 0.632. The van der Waals surface area contributed by atoms with Crippen LogP contribution in [-0.2, 0) is 0 Å². The second-order valence-electron chi connectivity index (χ2n) is 9.16. The Bertz CT molecular complexity index is 1570. The number of hydrogen-bond donors (Lipinski definition) is 0. The van der Waals surface area contributed by atoms with Crippen molar-refractivity contribution in [2.75, 3.05) is 0 Å². The van der Waals surface area contributed by atoms with Gasteiger partial charge in [0.1, 0.15) is 5.82 Å². The van der Waals surface area contributed by atoms with Crippen molar-refractivity contribution in [1.29, 1.82) is 0 Å². The summed E-state index contributed by atoms with van der Waals surface area (Å²) in [6, 6.07) is 56.3. The van der Waals surface area contributed by atoms with Crippen LogP contribution in [0.5, 0.6) is 0 Å². The molecule has 39 heavy (non-hydrogen) atoms. The molecule has 6 aromatic carbocycles. The maximum absolute atomic E-state index is 16.2. The van der Waals surface area contributed by atoms with Gasteiger partial charge < -0.3 is 0 Å². The third kappa shape index (κ3) is 5.35. The van der Waals surface area contributed by atoms with Crippen LogP contribution in [0.3, 0.4) is 0 Å². The van der Waals surface area contributed by atoms with Crippen LogP contribution in [0.4, 0.5) is 4.39 Å². The van der Waals surface area contributed by atoms with Crippen LogP contribution in [0.25, 0.3) is 11.1 Å². The van der Waals surface area contributed by atoms with Gasteiger partial charge in [0.2, 0.25) is 0 Å². The molecule has 0 amide bonds. The number of rotatable bonds is 7. The summed E-state index contributed by atoms with van der Waals surface area (Å²) in [6.07, 6.45) is 0. The minimum absolute atomic E-state index is 0.185. The molecule has 0 fully saturated rings. The zero-order valence-electron chi connectivity index (χ0n) is 21.4. The lowest BCUT2D eigenvalue weighted by Gasteiger charge is -2.26. The lowest BCUT2D eigenvalue weighted by Crippen LogP contribution is -2.26. The highest BCUT2D eigenvalue weighted by atomic mass is 31.1. The van der Waals surface area contributed by atoms with Crippen molar-refractivity contribution in [3.8, 4) is 11.1 Å². The Morgan fingerprint density at radius 1 is 0.333 bits per heavy atom. The first kappa shape index (κ1) is 25.4. The predicted octanol–water partition coefficient (Wildman–Crippen LogP) is 7.01. The molecular formula is C36H27FP2. The summed E-state index contributed by atoms with van der Waals surface area (Å²) < 4.78 is 16.2. The van der Waals surface area contributed by atoms with Crippen molar-refractivity contribution >= 4 is 47.7 Å². The van der Waals surface area contributed by atoms with Crippen molar-refractivity contribution < 1.29 is 4.39 Å². The number of halogens is 1. The summed E-state index contributed by atoms with van der Waals surface area (Å²) in [6.45, 7) is 0. The minimum Gasteiger partial charge on any atom is -0.206 e. The van der Waals surface area contributed by atoms with Crippen molar-refractivity contribution in [2.45, 2.75) is 0 Å². The van der Waals surface area contributed by atoms with Gasteiger partial charge in [0, 0.05) is 5.56 Å². The van der Waals surface area contributed by atoms with E-state index in [1.54, 1.807) is 6.07 Å². The van der Waals surface area contributed by atoms with E-state index in [1.807, 2.05) is 24.3 Å². The molecule has 0 radical (unpaired) electrons. The second kappa shape index (κ2) is 11.9. The molecule has 0 atom stereocenters. The molecule has 0 nitrogen and oxygen atoms in total. The molecule has 0 unspecified atom stereocenters. The van der Waals surface area contributed by atoms with Gasteiger partial charge in [0.05, 0.1) is 0 Å². The average Bonchev–Trinajstić information content (AvgIpc) is 3.00. The summed E-state index contributed by atoms with van der Waals surface area (Å²) in [5, 5.41) is 7.10. The Hall–Kier alpha value is -3.89. The zero-order valence-corrected chi connectivity index (χ0v) is 23.1. The Morgan fingerprint density at radius 3 is 1.15 bits per heavy atom. The molecule has 0 spiro atoms. The summed E-state index contributed by atoms with van der Waals surface area (Å²) >= 11 is 0. The van der Waals surface area contributed by atoms with Crippen LogP contribution < -0.4 is 31.8 Å². The van der Waals surface area contributed by atoms with Gasteiger partial charge in [-0.3, -0.25) is 0 Å². The van der Waals surface area contributed by atoms with E-state index in [0.717, 1.165) is 16.2 Å². The quantitative estimate of drug-likeness (QED) is 0.191. The molecule has 0 aliphatic heterocycles. The maximum atomic E-state index is 16.2. The van der Waals surface area contributed by atoms with E-state index in [0.29, 0.717) is 5.56 Å². The lowest BCUT2D eigenvalue weighted by atomic mass is 10.1. The molecule has 0 heterocycles. The van der Waals surface area contributed by atoms with E-state index in [4.69, 9.17) is 0 Å². The molecular weight excluding hydrogens is 513 g/mol. The van der Waals surface area contributed by atoms with Crippen LogP contribution in [0, 0.1) is 5.82 Å². The van der Waals surface area contributed by atoms with Gasteiger partial charge in [-0.1, -0.05) is 158 Å². The van der Waals surface area contributed by atoms with Crippen LogP contribution >= 0.6 is 15.8 Å². The first-order chi connectivity index (χ1) is 19.3. The van der Waals surface area contributed by atoms with Crippen LogP contribution in [-0.4, -0.2) is 0 Å². The van der Waals surface area contributed by atoms with Crippen LogP contribution in [0.2, 0.25) is 0 Å². The molecule has 0 saturated heterocycles. The van der Waals surface area contributed by atoms with Crippen molar-refractivity contribution in [3.05, 3.63) is 170 Å². The molecule has 0 bridgehead atoms. The molecule has 6 aromatic rings. The summed E-state index contributed by atoms with van der Waals surface area (Å²) in [4.78, 5) is 0. The monoisotopic (exact) mass is 540 g/mol. The highest BCUT2D eigenvalue weighted by Crippen LogP contribution is 2.41. The SMILES string of the molecule is Fc1cccc(P(c2ccccc2)c2ccccc2)c1-c1ccccc1P(c1ccccc1)c1ccccc1. The highest BCUT2D eigenvalue weighted by molar-refractivity contribution is 7.80. The van der Waals surface area contributed by atoms with Gasteiger partial charge in [-0.05, 0) is 59.3 Å². The average molecular weight is 541 g/mol. The Morgan fingerprint density at radius 2 is 0.692 bits per heavy atom. The van der Waals surface area contributed by atoms with Crippen molar-refractivity contribution in [3.63, 3.8) is 0 Å². The largest absolute Gasteiger partial charge is 0.206 e. The van der Waals surface area contributed by atoms with Crippen molar-refractivity contribution in [1.82, 2.24) is 0 Å². The van der Waals surface area contributed by atoms with E-state index in [9.17, 15) is 0 Å². The zero-order chi connectivity index (χ0) is 26.4. The third-order valence-corrected chi connectivity index (χ3v) is 11.7. The summed E-state index contributed by atoms with van der Waals surface area (Å²) in [5.74, 6) is -0.185. The number of hydrogen-bond acceptors (Lipinski definition) is 0. The maximum Gasteiger partial charge on any atom is 0.131 e. The molecule has 0 saturated carbocycles. The fraction of sp³-hybridized carbons (Fsp3) is 0.